The highest BCUT2D eigenvalue weighted by atomic mass is 15.1. The molecule has 0 spiro atoms. The predicted octanol–water partition coefficient (Wildman–Crippen LogP) is 13.2. The van der Waals surface area contributed by atoms with E-state index >= 15 is 0 Å². The van der Waals surface area contributed by atoms with E-state index < -0.39 is 0 Å². The number of fused-ring (bicyclic) bond motifs is 3. The molecule has 7 aromatic rings. The van der Waals surface area contributed by atoms with Crippen molar-refractivity contribution in [1.82, 2.24) is 4.57 Å². The van der Waals surface area contributed by atoms with Crippen LogP contribution in [0.3, 0.4) is 0 Å². The van der Waals surface area contributed by atoms with E-state index in [2.05, 4.69) is 210 Å². The van der Waals surface area contributed by atoms with Crippen LogP contribution >= 0.6 is 0 Å². The van der Waals surface area contributed by atoms with Gasteiger partial charge in [0.05, 0.1) is 16.7 Å². The Bertz CT molecular complexity index is 2180. The summed E-state index contributed by atoms with van der Waals surface area (Å²) in [7, 11) is 0. The van der Waals surface area contributed by atoms with Crippen molar-refractivity contribution in [3.05, 3.63) is 168 Å². The normalized spacial score (nSPS) is 12.5. The Morgan fingerprint density at radius 1 is 0.408 bits per heavy atom. The van der Waals surface area contributed by atoms with Gasteiger partial charge in [-0.1, -0.05) is 146 Å². The highest BCUT2D eigenvalue weighted by Crippen LogP contribution is 2.43. The fraction of sp³-hybridized carbons (Fsp3) is 0.234. The molecule has 0 amide bonds. The van der Waals surface area contributed by atoms with Gasteiger partial charge in [-0.25, -0.2) is 0 Å². The van der Waals surface area contributed by atoms with Crippen LogP contribution in [0.4, 0.5) is 17.1 Å². The van der Waals surface area contributed by atoms with Crippen molar-refractivity contribution in [2.45, 2.75) is 71.6 Å². The van der Waals surface area contributed by atoms with Gasteiger partial charge >= 0.3 is 0 Å². The molecule has 49 heavy (non-hydrogen) atoms. The second kappa shape index (κ2) is 12.1. The monoisotopic (exact) mass is 640 g/mol. The van der Waals surface area contributed by atoms with E-state index in [0.717, 1.165) is 17.1 Å². The Balaban J connectivity index is 1.43. The SMILES string of the molecule is CC(C)(C)c1ccc(N(c2ccc(C(C)(C)C)cc2)c2ccc3c(c2)c2ccccc2n3-c2ccccc2C(C)(C)c2ccccc2)cc1. The van der Waals surface area contributed by atoms with Crippen LogP contribution in [-0.2, 0) is 16.2 Å². The molecule has 246 valence electrons. The first kappa shape index (κ1) is 32.5. The van der Waals surface area contributed by atoms with Crippen molar-refractivity contribution >= 4 is 38.9 Å². The molecular weight excluding hydrogens is 593 g/mol. The molecule has 0 aliphatic carbocycles. The van der Waals surface area contributed by atoms with Crippen LogP contribution in [0.15, 0.2) is 146 Å². The Morgan fingerprint density at radius 2 is 0.898 bits per heavy atom. The van der Waals surface area contributed by atoms with E-state index in [9.17, 15) is 0 Å². The molecule has 0 aliphatic heterocycles. The lowest BCUT2D eigenvalue weighted by Crippen LogP contribution is -2.21. The summed E-state index contributed by atoms with van der Waals surface area (Å²) in [6, 6.07) is 53.8. The van der Waals surface area contributed by atoms with Crippen molar-refractivity contribution < 1.29 is 0 Å². The maximum atomic E-state index is 2.47. The smallest absolute Gasteiger partial charge is 0.0542 e. The Morgan fingerprint density at radius 3 is 1.49 bits per heavy atom. The summed E-state index contributed by atoms with van der Waals surface area (Å²) in [6.45, 7) is 18.3. The van der Waals surface area contributed by atoms with E-state index in [-0.39, 0.29) is 16.2 Å². The third kappa shape index (κ3) is 5.95. The quantitative estimate of drug-likeness (QED) is 0.176. The van der Waals surface area contributed by atoms with Crippen LogP contribution in [0.1, 0.15) is 77.6 Å². The van der Waals surface area contributed by atoms with E-state index in [1.54, 1.807) is 0 Å². The molecule has 0 N–H and O–H groups in total. The van der Waals surface area contributed by atoms with Gasteiger partial charge in [0, 0.05) is 33.2 Å². The first-order valence-corrected chi connectivity index (χ1v) is 17.5. The summed E-state index contributed by atoms with van der Waals surface area (Å²) >= 11 is 0. The third-order valence-electron chi connectivity index (χ3n) is 10.2. The summed E-state index contributed by atoms with van der Waals surface area (Å²) in [5.74, 6) is 0. The van der Waals surface area contributed by atoms with E-state index in [4.69, 9.17) is 0 Å². The lowest BCUT2D eigenvalue weighted by Gasteiger charge is -2.29. The summed E-state index contributed by atoms with van der Waals surface area (Å²) in [5.41, 5.74) is 12.3. The van der Waals surface area contributed by atoms with Crippen molar-refractivity contribution in [1.29, 1.82) is 0 Å². The van der Waals surface area contributed by atoms with Gasteiger partial charge in [0.1, 0.15) is 0 Å². The molecule has 6 aromatic carbocycles. The van der Waals surface area contributed by atoms with E-state index in [1.165, 1.54) is 49.7 Å². The number of rotatable bonds is 6. The fourth-order valence-corrected chi connectivity index (χ4v) is 7.24. The minimum absolute atomic E-state index is 0.0871. The second-order valence-electron chi connectivity index (χ2n) is 16.0. The number of para-hydroxylation sites is 2. The summed E-state index contributed by atoms with van der Waals surface area (Å²) in [6.07, 6.45) is 0. The van der Waals surface area contributed by atoms with Crippen molar-refractivity contribution in [3.63, 3.8) is 0 Å². The van der Waals surface area contributed by atoms with E-state index in [1.807, 2.05) is 0 Å². The molecule has 0 saturated carbocycles. The second-order valence-corrected chi connectivity index (χ2v) is 16.0. The first-order valence-electron chi connectivity index (χ1n) is 17.5. The molecule has 0 bridgehead atoms. The minimum Gasteiger partial charge on any atom is -0.310 e. The number of hydrogen-bond donors (Lipinski definition) is 0. The molecule has 1 heterocycles. The van der Waals surface area contributed by atoms with Gasteiger partial charge in [0.25, 0.3) is 0 Å². The number of anilines is 3. The molecule has 0 atom stereocenters. The maximum Gasteiger partial charge on any atom is 0.0542 e. The largest absolute Gasteiger partial charge is 0.310 e. The molecule has 7 rings (SSSR count). The van der Waals surface area contributed by atoms with Crippen molar-refractivity contribution in [2.24, 2.45) is 0 Å². The van der Waals surface area contributed by atoms with Crippen molar-refractivity contribution in [2.75, 3.05) is 4.90 Å². The molecule has 2 heteroatoms. The third-order valence-corrected chi connectivity index (χ3v) is 10.2. The molecular formula is C47H48N2. The number of nitrogens with zero attached hydrogens (tertiary/aromatic N) is 2. The zero-order valence-corrected chi connectivity index (χ0v) is 30.3. The van der Waals surface area contributed by atoms with Crippen molar-refractivity contribution in [3.8, 4) is 5.69 Å². The predicted molar refractivity (Wildman–Crippen MR) is 211 cm³/mol. The zero-order chi connectivity index (χ0) is 34.6. The fourth-order valence-electron chi connectivity index (χ4n) is 7.24. The minimum atomic E-state index is -0.190. The van der Waals surface area contributed by atoms with Gasteiger partial charge in [-0.15, -0.1) is 0 Å². The molecule has 0 saturated heterocycles. The molecule has 0 aliphatic rings. The standard InChI is InChI=1S/C47H48N2/c1-45(2,3)33-22-26-36(27-23-33)48(37-28-24-34(25-29-37)46(4,5)6)38-30-31-43-40(32-38)39-18-12-14-20-42(39)49(43)44-21-15-13-19-41(44)47(7,8)35-16-10-9-11-17-35/h9-32H,1-8H3. The lowest BCUT2D eigenvalue weighted by atomic mass is 9.77. The van der Waals surface area contributed by atoms with Gasteiger partial charge in [-0.3, -0.25) is 0 Å². The summed E-state index contributed by atoms with van der Waals surface area (Å²) in [5, 5.41) is 2.49. The number of benzene rings is 6. The van der Waals surface area contributed by atoms with Gasteiger partial charge < -0.3 is 9.47 Å². The van der Waals surface area contributed by atoms with Crippen LogP contribution in [0.5, 0.6) is 0 Å². The highest BCUT2D eigenvalue weighted by Gasteiger charge is 2.28. The van der Waals surface area contributed by atoms with Crippen LogP contribution < -0.4 is 4.90 Å². The highest BCUT2D eigenvalue weighted by molar-refractivity contribution is 6.10. The van der Waals surface area contributed by atoms with Gasteiger partial charge in [0.15, 0.2) is 0 Å². The molecule has 0 fully saturated rings. The molecule has 0 unspecified atom stereocenters. The van der Waals surface area contributed by atoms with Crippen LogP contribution in [0, 0.1) is 0 Å². The molecule has 2 nitrogen and oxygen atoms in total. The maximum absolute atomic E-state index is 2.47. The number of hydrogen-bond acceptors (Lipinski definition) is 1. The average Bonchev–Trinajstić information content (AvgIpc) is 3.42. The number of aromatic nitrogens is 1. The Labute approximate surface area is 292 Å². The van der Waals surface area contributed by atoms with Gasteiger partial charge in [0.2, 0.25) is 0 Å². The van der Waals surface area contributed by atoms with E-state index in [0.29, 0.717) is 0 Å². The van der Waals surface area contributed by atoms with Crippen LogP contribution in [0.2, 0.25) is 0 Å². The molecule has 1 aromatic heterocycles. The topological polar surface area (TPSA) is 8.17 Å². The average molecular weight is 641 g/mol. The zero-order valence-electron chi connectivity index (χ0n) is 30.3. The first-order chi connectivity index (χ1) is 23.3. The summed E-state index contributed by atoms with van der Waals surface area (Å²) in [4.78, 5) is 2.40. The van der Waals surface area contributed by atoms with Gasteiger partial charge in [-0.2, -0.15) is 0 Å². The van der Waals surface area contributed by atoms with Crippen LogP contribution in [-0.4, -0.2) is 4.57 Å². The Hall–Kier alpha value is -5.08. The molecule has 0 radical (unpaired) electrons. The van der Waals surface area contributed by atoms with Crippen LogP contribution in [0.25, 0.3) is 27.5 Å². The Kier molecular flexibility index (Phi) is 8.02. The van der Waals surface area contributed by atoms with Gasteiger partial charge in [-0.05, 0) is 87.7 Å². The lowest BCUT2D eigenvalue weighted by molar-refractivity contribution is 0.590. The summed E-state index contributed by atoms with van der Waals surface area (Å²) < 4.78 is 2.47.